The number of carbonyl (C=O) groups is 2. The van der Waals surface area contributed by atoms with Crippen LogP contribution < -0.4 is 0 Å². The number of rotatable bonds is 2. The van der Waals surface area contributed by atoms with E-state index < -0.39 is 5.97 Å². The maximum Gasteiger partial charge on any atom is 0.336 e. The van der Waals surface area contributed by atoms with E-state index in [2.05, 4.69) is 0 Å². The predicted molar refractivity (Wildman–Crippen MR) is 109 cm³/mol. The molecule has 0 aromatic heterocycles. The molecule has 1 aliphatic heterocycles. The van der Waals surface area contributed by atoms with Crippen LogP contribution in [-0.4, -0.2) is 40.1 Å². The SMILES string of the molecule is O=C(O)c1ccc2c(c1C(=O)N1CCCCC1)Cc1ccc(O)cc1C1CCC21. The molecular weight excluding hydrogens is 366 g/mol. The van der Waals surface area contributed by atoms with Crippen molar-refractivity contribution in [3.05, 3.63) is 63.7 Å². The lowest BCUT2D eigenvalue weighted by Crippen LogP contribution is -2.37. The number of piperidine rings is 1. The van der Waals surface area contributed by atoms with Crippen LogP contribution in [0.4, 0.5) is 0 Å². The Kier molecular flexibility index (Phi) is 4.34. The summed E-state index contributed by atoms with van der Waals surface area (Å²) in [6, 6.07) is 9.01. The van der Waals surface area contributed by atoms with Crippen LogP contribution in [0.5, 0.6) is 5.75 Å². The monoisotopic (exact) mass is 391 g/mol. The number of nitrogens with zero attached hydrogens (tertiary/aromatic N) is 1. The second kappa shape index (κ2) is 6.90. The Bertz CT molecular complexity index is 1010. The molecule has 0 bridgehead atoms. The van der Waals surface area contributed by atoms with Gasteiger partial charge < -0.3 is 15.1 Å². The van der Waals surface area contributed by atoms with E-state index in [1.54, 1.807) is 12.1 Å². The first-order valence-electron chi connectivity index (χ1n) is 10.5. The number of aromatic hydroxyl groups is 1. The van der Waals surface area contributed by atoms with Crippen LogP contribution in [0.3, 0.4) is 0 Å². The average molecular weight is 391 g/mol. The maximum atomic E-state index is 13.5. The van der Waals surface area contributed by atoms with Gasteiger partial charge in [-0.25, -0.2) is 4.79 Å². The number of likely N-dealkylation sites (tertiary alicyclic amines) is 1. The Morgan fingerprint density at radius 3 is 2.34 bits per heavy atom. The van der Waals surface area contributed by atoms with Crippen molar-refractivity contribution in [1.82, 2.24) is 4.90 Å². The van der Waals surface area contributed by atoms with Gasteiger partial charge in [-0.15, -0.1) is 0 Å². The van der Waals surface area contributed by atoms with E-state index in [4.69, 9.17) is 0 Å². The van der Waals surface area contributed by atoms with Gasteiger partial charge in [0.2, 0.25) is 0 Å². The predicted octanol–water partition coefficient (Wildman–Crippen LogP) is 4.28. The normalized spacial score (nSPS) is 22.6. The summed E-state index contributed by atoms with van der Waals surface area (Å²) < 4.78 is 0. The Balaban J connectivity index is 1.69. The summed E-state index contributed by atoms with van der Waals surface area (Å²) in [5, 5.41) is 19.9. The summed E-state index contributed by atoms with van der Waals surface area (Å²) in [7, 11) is 0. The zero-order chi connectivity index (χ0) is 20.1. The molecule has 150 valence electrons. The van der Waals surface area contributed by atoms with Gasteiger partial charge in [0.25, 0.3) is 5.91 Å². The van der Waals surface area contributed by atoms with E-state index >= 15 is 0 Å². The van der Waals surface area contributed by atoms with Crippen molar-refractivity contribution in [3.63, 3.8) is 0 Å². The van der Waals surface area contributed by atoms with Crippen LogP contribution in [0.25, 0.3) is 0 Å². The topological polar surface area (TPSA) is 77.8 Å². The van der Waals surface area contributed by atoms with Gasteiger partial charge in [-0.1, -0.05) is 12.1 Å². The van der Waals surface area contributed by atoms with E-state index in [9.17, 15) is 19.8 Å². The first-order chi connectivity index (χ1) is 14.0. The molecule has 1 heterocycles. The summed E-state index contributed by atoms with van der Waals surface area (Å²) in [5.41, 5.74) is 4.71. The van der Waals surface area contributed by atoms with Gasteiger partial charge >= 0.3 is 5.97 Å². The highest BCUT2D eigenvalue weighted by atomic mass is 16.4. The van der Waals surface area contributed by atoms with Crippen molar-refractivity contribution in [2.24, 2.45) is 0 Å². The molecule has 0 radical (unpaired) electrons. The molecule has 29 heavy (non-hydrogen) atoms. The summed E-state index contributed by atoms with van der Waals surface area (Å²) in [5.74, 6) is -0.322. The first-order valence-corrected chi connectivity index (χ1v) is 10.5. The number of hydrogen-bond acceptors (Lipinski definition) is 3. The molecule has 5 rings (SSSR count). The molecule has 2 atom stereocenters. The van der Waals surface area contributed by atoms with Crippen LogP contribution in [0.1, 0.15) is 86.9 Å². The fraction of sp³-hybridized carbons (Fsp3) is 0.417. The number of amides is 1. The fourth-order valence-electron chi connectivity index (χ4n) is 5.40. The van der Waals surface area contributed by atoms with E-state index in [1.807, 2.05) is 23.1 Å². The lowest BCUT2D eigenvalue weighted by Gasteiger charge is -2.38. The highest BCUT2D eigenvalue weighted by molar-refractivity contribution is 6.06. The minimum atomic E-state index is -1.05. The molecule has 2 N–H and O–H groups in total. The molecule has 2 aliphatic carbocycles. The Labute approximate surface area is 170 Å². The molecule has 3 aliphatic rings. The summed E-state index contributed by atoms with van der Waals surface area (Å²) >= 11 is 0. The molecule has 5 heteroatoms. The molecule has 5 nitrogen and oxygen atoms in total. The average Bonchev–Trinajstić information content (AvgIpc) is 2.78. The first kappa shape index (κ1) is 18.2. The molecular formula is C24H25NO4. The highest BCUT2D eigenvalue weighted by Crippen LogP contribution is 2.54. The quantitative estimate of drug-likeness (QED) is 0.801. The standard InChI is InChI=1S/C24H25NO4/c26-15-5-4-14-12-21-18(16-6-7-17(16)20(14)13-15)8-9-19(24(28)29)22(21)23(27)25-10-2-1-3-11-25/h4-5,8-9,13,16-17,26H,1-3,6-7,10-12H2,(H,28,29). The summed E-state index contributed by atoms with van der Waals surface area (Å²) in [6.45, 7) is 1.39. The molecule has 2 aromatic rings. The third-order valence-electron chi connectivity index (χ3n) is 7.01. The zero-order valence-electron chi connectivity index (χ0n) is 16.4. The van der Waals surface area contributed by atoms with Crippen LogP contribution >= 0.6 is 0 Å². The minimum Gasteiger partial charge on any atom is -0.508 e. The smallest absolute Gasteiger partial charge is 0.336 e. The van der Waals surface area contributed by atoms with Crippen molar-refractivity contribution in [3.8, 4) is 5.75 Å². The van der Waals surface area contributed by atoms with Gasteiger partial charge in [-0.05, 0) is 90.8 Å². The molecule has 2 fully saturated rings. The number of hydrogen-bond donors (Lipinski definition) is 2. The van der Waals surface area contributed by atoms with E-state index in [0.29, 0.717) is 31.0 Å². The van der Waals surface area contributed by atoms with Crippen LogP contribution in [0, 0.1) is 0 Å². The van der Waals surface area contributed by atoms with Gasteiger partial charge in [0.15, 0.2) is 0 Å². The maximum absolute atomic E-state index is 13.5. The molecule has 2 aromatic carbocycles. The van der Waals surface area contributed by atoms with Crippen LogP contribution in [0.15, 0.2) is 30.3 Å². The molecule has 1 amide bonds. The number of aromatic carboxylic acids is 1. The number of fused-ring (bicyclic) bond motifs is 5. The minimum absolute atomic E-state index is 0.109. The zero-order valence-corrected chi connectivity index (χ0v) is 16.4. The molecule has 1 saturated carbocycles. The number of carbonyl (C=O) groups excluding carboxylic acids is 1. The second-order valence-corrected chi connectivity index (χ2v) is 8.56. The Morgan fingerprint density at radius 1 is 0.931 bits per heavy atom. The summed E-state index contributed by atoms with van der Waals surface area (Å²) in [4.78, 5) is 27.4. The molecule has 0 spiro atoms. The lowest BCUT2D eigenvalue weighted by atomic mass is 9.66. The number of carboxylic acids is 1. The van der Waals surface area contributed by atoms with Gasteiger partial charge in [0.05, 0.1) is 11.1 Å². The van der Waals surface area contributed by atoms with E-state index in [0.717, 1.165) is 54.4 Å². The van der Waals surface area contributed by atoms with Crippen molar-refractivity contribution in [2.45, 2.75) is 50.4 Å². The number of phenolic OH excluding ortho intramolecular Hbond substituents is 1. The number of phenols is 1. The van der Waals surface area contributed by atoms with Gasteiger partial charge in [-0.3, -0.25) is 4.79 Å². The van der Waals surface area contributed by atoms with Crippen LogP contribution in [-0.2, 0) is 6.42 Å². The lowest BCUT2D eigenvalue weighted by molar-refractivity contribution is 0.0665. The third kappa shape index (κ3) is 2.91. The van der Waals surface area contributed by atoms with Crippen molar-refractivity contribution in [1.29, 1.82) is 0 Å². The second-order valence-electron chi connectivity index (χ2n) is 8.56. The third-order valence-corrected chi connectivity index (χ3v) is 7.01. The van der Waals surface area contributed by atoms with E-state index in [1.165, 1.54) is 0 Å². The largest absolute Gasteiger partial charge is 0.508 e. The van der Waals surface area contributed by atoms with Gasteiger partial charge in [0, 0.05) is 13.1 Å². The fourth-order valence-corrected chi connectivity index (χ4v) is 5.40. The van der Waals surface area contributed by atoms with Crippen molar-refractivity contribution >= 4 is 11.9 Å². The Hall–Kier alpha value is -2.82. The van der Waals surface area contributed by atoms with Crippen LogP contribution in [0.2, 0.25) is 0 Å². The van der Waals surface area contributed by atoms with Gasteiger partial charge in [-0.2, -0.15) is 0 Å². The molecule has 1 saturated heterocycles. The van der Waals surface area contributed by atoms with E-state index in [-0.39, 0.29) is 23.1 Å². The number of benzene rings is 2. The Morgan fingerprint density at radius 2 is 1.66 bits per heavy atom. The van der Waals surface area contributed by atoms with Gasteiger partial charge in [0.1, 0.15) is 5.75 Å². The molecule has 2 unspecified atom stereocenters. The van der Waals surface area contributed by atoms with Crippen molar-refractivity contribution < 1.29 is 19.8 Å². The van der Waals surface area contributed by atoms with Crippen molar-refractivity contribution in [2.75, 3.05) is 13.1 Å². The summed E-state index contributed by atoms with van der Waals surface area (Å²) in [6.07, 6.45) is 5.66. The number of carboxylic acid groups (broad SMARTS) is 1. The highest BCUT2D eigenvalue weighted by Gasteiger charge is 2.40.